The first kappa shape index (κ1) is 18.3. The molecule has 0 unspecified atom stereocenters. The lowest BCUT2D eigenvalue weighted by Gasteiger charge is -2.17. The Balaban J connectivity index is 1.83. The maximum absolute atomic E-state index is 13.4. The highest BCUT2D eigenvalue weighted by molar-refractivity contribution is 7.99. The number of hydrogen-bond acceptors (Lipinski definition) is 6. The van der Waals surface area contributed by atoms with Crippen molar-refractivity contribution < 1.29 is 9.21 Å². The number of furan rings is 1. The minimum Gasteiger partial charge on any atom is -0.467 e. The van der Waals surface area contributed by atoms with Crippen molar-refractivity contribution in [2.75, 3.05) is 12.8 Å². The number of amides is 1. The molecule has 0 bridgehead atoms. The Morgan fingerprint density at radius 2 is 2.37 bits per heavy atom. The van der Waals surface area contributed by atoms with Crippen molar-refractivity contribution >= 4 is 39.2 Å². The van der Waals surface area contributed by atoms with E-state index >= 15 is 0 Å². The van der Waals surface area contributed by atoms with Crippen LogP contribution in [0.4, 0.5) is 0 Å². The van der Waals surface area contributed by atoms with Crippen LogP contribution in [0.15, 0.2) is 32.8 Å². The smallest absolute Gasteiger partial charge is 0.263 e. The number of thiophene rings is 1. The molecule has 3 aromatic heterocycles. The van der Waals surface area contributed by atoms with Gasteiger partial charge in [-0.05, 0) is 42.9 Å². The Morgan fingerprint density at radius 3 is 3.11 bits per heavy atom. The number of carbonyl (C=O) groups is 1. The third-order valence-electron chi connectivity index (χ3n) is 4.89. The molecule has 3 aromatic rings. The first-order valence-electron chi connectivity index (χ1n) is 8.97. The predicted molar refractivity (Wildman–Crippen MR) is 108 cm³/mol. The molecule has 1 N–H and O–H groups in total. The zero-order valence-electron chi connectivity index (χ0n) is 15.3. The van der Waals surface area contributed by atoms with E-state index in [1.54, 1.807) is 35.3 Å². The maximum Gasteiger partial charge on any atom is 0.263 e. The largest absolute Gasteiger partial charge is 0.467 e. The topological polar surface area (TPSA) is 77.1 Å². The van der Waals surface area contributed by atoms with Gasteiger partial charge in [0.05, 0.1) is 23.9 Å². The Bertz CT molecular complexity index is 1040. The number of aryl methyl sites for hydroxylation is 1. The lowest BCUT2D eigenvalue weighted by Crippen LogP contribution is -2.26. The summed E-state index contributed by atoms with van der Waals surface area (Å²) in [6, 6.07) is 3.64. The van der Waals surface area contributed by atoms with Crippen LogP contribution in [0, 0.1) is 5.92 Å². The minimum atomic E-state index is -0.0989. The molecular formula is C19H21N3O3S2. The van der Waals surface area contributed by atoms with Gasteiger partial charge in [0.2, 0.25) is 5.91 Å². The average molecular weight is 404 g/mol. The van der Waals surface area contributed by atoms with Crippen LogP contribution in [-0.4, -0.2) is 28.3 Å². The monoisotopic (exact) mass is 403 g/mol. The van der Waals surface area contributed by atoms with E-state index in [1.807, 2.05) is 6.07 Å². The van der Waals surface area contributed by atoms with E-state index in [0.29, 0.717) is 23.4 Å². The Morgan fingerprint density at radius 1 is 1.52 bits per heavy atom. The van der Waals surface area contributed by atoms with Crippen LogP contribution in [0.1, 0.15) is 29.5 Å². The summed E-state index contributed by atoms with van der Waals surface area (Å²) in [7, 11) is 1.60. The first-order valence-corrected chi connectivity index (χ1v) is 10.8. The van der Waals surface area contributed by atoms with Crippen LogP contribution in [0.5, 0.6) is 0 Å². The molecule has 142 valence electrons. The molecule has 1 aliphatic carbocycles. The molecule has 6 nitrogen and oxygen atoms in total. The average Bonchev–Trinajstić information content (AvgIpc) is 3.29. The van der Waals surface area contributed by atoms with E-state index in [2.05, 4.69) is 12.2 Å². The van der Waals surface area contributed by atoms with Crippen molar-refractivity contribution in [1.82, 2.24) is 14.9 Å². The number of thioether (sulfide) groups is 1. The summed E-state index contributed by atoms with van der Waals surface area (Å²) in [6.45, 7) is 2.56. The van der Waals surface area contributed by atoms with Crippen molar-refractivity contribution in [1.29, 1.82) is 0 Å². The van der Waals surface area contributed by atoms with Crippen molar-refractivity contribution in [2.45, 2.75) is 37.9 Å². The molecule has 8 heteroatoms. The number of nitrogens with zero attached hydrogens (tertiary/aromatic N) is 2. The summed E-state index contributed by atoms with van der Waals surface area (Å²) in [5.41, 5.74) is 1.13. The number of nitrogens with one attached hydrogen (secondary N) is 1. The number of carbonyl (C=O) groups excluding carboxylic acids is 1. The summed E-state index contributed by atoms with van der Waals surface area (Å²) in [4.78, 5) is 31.9. The van der Waals surface area contributed by atoms with Gasteiger partial charge in [0, 0.05) is 11.9 Å². The second-order valence-corrected chi connectivity index (χ2v) is 8.88. The molecule has 4 rings (SSSR count). The lowest BCUT2D eigenvalue weighted by atomic mass is 9.89. The summed E-state index contributed by atoms with van der Waals surface area (Å²) in [5.74, 6) is 1.45. The predicted octanol–water partition coefficient (Wildman–Crippen LogP) is 3.06. The number of hydrogen-bond donors (Lipinski definition) is 1. The van der Waals surface area contributed by atoms with Gasteiger partial charge in [-0.25, -0.2) is 4.98 Å². The van der Waals surface area contributed by atoms with Crippen LogP contribution in [0.25, 0.3) is 10.2 Å². The van der Waals surface area contributed by atoms with Crippen LogP contribution in [0.3, 0.4) is 0 Å². The van der Waals surface area contributed by atoms with E-state index in [4.69, 9.17) is 9.40 Å². The number of fused-ring (bicyclic) bond motifs is 3. The molecule has 1 aliphatic rings. The van der Waals surface area contributed by atoms with Crippen molar-refractivity contribution in [2.24, 2.45) is 5.92 Å². The second-order valence-electron chi connectivity index (χ2n) is 6.86. The highest BCUT2D eigenvalue weighted by atomic mass is 32.2. The molecule has 0 fully saturated rings. The van der Waals surface area contributed by atoms with E-state index in [-0.39, 0.29) is 17.2 Å². The highest BCUT2D eigenvalue weighted by Crippen LogP contribution is 2.36. The quantitative estimate of drug-likeness (QED) is 0.523. The standard InChI is InChI=1S/C19H21N3O3S2/c1-11-5-6-13-14(8-11)27-17-16(13)18(24)22(9-12-4-3-7-25-12)19(21-17)26-10-15(23)20-2/h3-4,7,11H,5-6,8-10H2,1-2H3,(H,20,23)/t11-/m1/s1. The molecule has 1 amide bonds. The molecule has 0 saturated heterocycles. The molecule has 0 aliphatic heterocycles. The van der Waals surface area contributed by atoms with E-state index in [1.165, 1.54) is 22.2 Å². The van der Waals surface area contributed by atoms with Gasteiger partial charge in [0.1, 0.15) is 10.6 Å². The van der Waals surface area contributed by atoms with Crippen LogP contribution >= 0.6 is 23.1 Å². The molecule has 0 saturated carbocycles. The Kier molecular flexibility index (Phi) is 5.10. The van der Waals surface area contributed by atoms with E-state index in [0.717, 1.165) is 29.5 Å². The lowest BCUT2D eigenvalue weighted by molar-refractivity contribution is -0.118. The Labute approximate surface area is 165 Å². The molecule has 0 spiro atoms. The first-order chi connectivity index (χ1) is 13.1. The van der Waals surface area contributed by atoms with Gasteiger partial charge in [0.25, 0.3) is 5.56 Å². The molecule has 27 heavy (non-hydrogen) atoms. The zero-order chi connectivity index (χ0) is 19.0. The van der Waals surface area contributed by atoms with Crippen molar-refractivity contribution in [3.63, 3.8) is 0 Å². The molecule has 1 atom stereocenters. The fourth-order valence-corrected chi connectivity index (χ4v) is 5.71. The Hall–Kier alpha value is -2.06. The summed E-state index contributed by atoms with van der Waals surface area (Å²) in [5, 5.41) is 3.91. The summed E-state index contributed by atoms with van der Waals surface area (Å²) < 4.78 is 7.08. The van der Waals surface area contributed by atoms with Gasteiger partial charge in [-0.15, -0.1) is 11.3 Å². The van der Waals surface area contributed by atoms with Gasteiger partial charge in [-0.2, -0.15) is 0 Å². The number of aromatic nitrogens is 2. The molecule has 0 aromatic carbocycles. The van der Waals surface area contributed by atoms with Crippen LogP contribution in [0.2, 0.25) is 0 Å². The normalized spacial score (nSPS) is 16.4. The van der Waals surface area contributed by atoms with E-state index in [9.17, 15) is 9.59 Å². The van der Waals surface area contributed by atoms with Crippen LogP contribution < -0.4 is 10.9 Å². The van der Waals surface area contributed by atoms with Gasteiger partial charge in [0.15, 0.2) is 5.16 Å². The van der Waals surface area contributed by atoms with Gasteiger partial charge < -0.3 is 9.73 Å². The summed E-state index contributed by atoms with van der Waals surface area (Å²) >= 11 is 2.91. The second kappa shape index (κ2) is 7.52. The third kappa shape index (κ3) is 3.55. The number of rotatable bonds is 5. The zero-order valence-corrected chi connectivity index (χ0v) is 16.9. The van der Waals surface area contributed by atoms with Crippen molar-refractivity contribution in [3.05, 3.63) is 45.0 Å². The van der Waals surface area contributed by atoms with Crippen LogP contribution in [-0.2, 0) is 24.2 Å². The van der Waals surface area contributed by atoms with Gasteiger partial charge in [-0.1, -0.05) is 18.7 Å². The van der Waals surface area contributed by atoms with E-state index < -0.39 is 0 Å². The third-order valence-corrected chi connectivity index (χ3v) is 7.01. The minimum absolute atomic E-state index is 0.0390. The molecule has 3 heterocycles. The van der Waals surface area contributed by atoms with Gasteiger partial charge in [-0.3, -0.25) is 14.2 Å². The summed E-state index contributed by atoms with van der Waals surface area (Å²) in [6.07, 6.45) is 4.63. The fourth-order valence-electron chi connectivity index (χ4n) is 3.42. The fraction of sp³-hybridized carbons (Fsp3) is 0.421. The van der Waals surface area contributed by atoms with Gasteiger partial charge >= 0.3 is 0 Å². The maximum atomic E-state index is 13.4. The molecule has 0 radical (unpaired) electrons. The SMILES string of the molecule is CNC(=O)CSc1nc2sc3c(c2c(=O)n1Cc1ccco1)CC[C@@H](C)C3. The van der Waals surface area contributed by atoms with Crippen molar-refractivity contribution in [3.8, 4) is 0 Å². The molecular weight excluding hydrogens is 382 g/mol. The highest BCUT2D eigenvalue weighted by Gasteiger charge is 2.25.